The van der Waals surface area contributed by atoms with Gasteiger partial charge in [-0.15, -0.1) is 0 Å². The number of unbranched alkanes of at least 4 members (excludes halogenated alkanes) is 1. The summed E-state index contributed by atoms with van der Waals surface area (Å²) in [7, 11) is 0. The summed E-state index contributed by atoms with van der Waals surface area (Å²) in [4.78, 5) is 25.3. The van der Waals surface area contributed by atoms with Gasteiger partial charge in [-0.2, -0.15) is 0 Å². The van der Waals surface area contributed by atoms with Crippen LogP contribution in [0.3, 0.4) is 0 Å². The van der Waals surface area contributed by atoms with E-state index in [4.69, 9.17) is 4.74 Å². The van der Waals surface area contributed by atoms with Crippen LogP contribution in [-0.2, 0) is 4.79 Å². The third-order valence-corrected chi connectivity index (χ3v) is 4.04. The van der Waals surface area contributed by atoms with E-state index in [0.29, 0.717) is 18.1 Å². The van der Waals surface area contributed by atoms with Crippen LogP contribution in [0.25, 0.3) is 6.08 Å². The predicted octanol–water partition coefficient (Wildman–Crippen LogP) is 3.92. The minimum absolute atomic E-state index is 0.201. The van der Waals surface area contributed by atoms with Gasteiger partial charge in [0.25, 0.3) is 11.1 Å². The number of thioether (sulfide) groups is 1. The fourth-order valence-electron chi connectivity index (χ4n) is 1.92. The number of hydrogen-bond donors (Lipinski definition) is 0. The standard InChI is InChI=1S/C16H19NO3S/c1-3-5-10-20-13-8-6-12(7-9-13)11-14-15(18)17(4-2)16(19)21-14/h6-9,11H,3-5,10H2,1-2H3/b14-11-. The quantitative estimate of drug-likeness (QED) is 0.590. The van der Waals surface area contributed by atoms with Gasteiger partial charge in [0.2, 0.25) is 0 Å². The van der Waals surface area contributed by atoms with Gasteiger partial charge in [0, 0.05) is 6.54 Å². The van der Waals surface area contributed by atoms with Gasteiger partial charge in [0.05, 0.1) is 11.5 Å². The van der Waals surface area contributed by atoms with Crippen molar-refractivity contribution in [2.45, 2.75) is 26.7 Å². The molecule has 0 aliphatic carbocycles. The van der Waals surface area contributed by atoms with Crippen LogP contribution in [0.2, 0.25) is 0 Å². The molecule has 0 aromatic heterocycles. The summed E-state index contributed by atoms with van der Waals surface area (Å²) in [5, 5.41) is -0.201. The highest BCUT2D eigenvalue weighted by Gasteiger charge is 2.33. The average Bonchev–Trinajstić information content (AvgIpc) is 2.75. The van der Waals surface area contributed by atoms with Gasteiger partial charge in [-0.05, 0) is 48.9 Å². The first kappa shape index (κ1) is 15.6. The minimum atomic E-state index is -0.212. The van der Waals surface area contributed by atoms with Crippen molar-refractivity contribution in [3.05, 3.63) is 34.7 Å². The number of nitrogens with zero attached hydrogens (tertiary/aromatic N) is 1. The van der Waals surface area contributed by atoms with Crippen molar-refractivity contribution in [1.29, 1.82) is 0 Å². The van der Waals surface area contributed by atoms with Crippen LogP contribution >= 0.6 is 11.8 Å². The van der Waals surface area contributed by atoms with Crippen LogP contribution in [0.1, 0.15) is 32.3 Å². The van der Waals surface area contributed by atoms with Gasteiger partial charge in [0.1, 0.15) is 5.75 Å². The molecule has 2 rings (SSSR count). The monoisotopic (exact) mass is 305 g/mol. The normalized spacial score (nSPS) is 16.9. The molecule has 1 heterocycles. The van der Waals surface area contributed by atoms with Crippen molar-refractivity contribution in [2.75, 3.05) is 13.2 Å². The maximum Gasteiger partial charge on any atom is 0.293 e. The maximum absolute atomic E-state index is 12.0. The molecule has 1 aromatic carbocycles. The van der Waals surface area contributed by atoms with Crippen molar-refractivity contribution in [2.24, 2.45) is 0 Å². The fraction of sp³-hybridized carbons (Fsp3) is 0.375. The third kappa shape index (κ3) is 3.88. The van der Waals surface area contributed by atoms with E-state index in [9.17, 15) is 9.59 Å². The van der Waals surface area contributed by atoms with E-state index >= 15 is 0 Å². The van der Waals surface area contributed by atoms with Gasteiger partial charge in [0.15, 0.2) is 0 Å². The SMILES string of the molecule is CCCCOc1ccc(/C=C2\SC(=O)N(CC)C2=O)cc1. The summed E-state index contributed by atoms with van der Waals surface area (Å²) in [6.45, 7) is 5.04. The molecule has 112 valence electrons. The Morgan fingerprint density at radius 1 is 1.19 bits per heavy atom. The van der Waals surface area contributed by atoms with E-state index in [1.165, 1.54) is 4.90 Å². The molecule has 0 atom stereocenters. The molecule has 0 radical (unpaired) electrons. The summed E-state index contributed by atoms with van der Waals surface area (Å²) in [6, 6.07) is 7.54. The third-order valence-electron chi connectivity index (χ3n) is 3.13. The zero-order chi connectivity index (χ0) is 15.2. The number of carbonyl (C=O) groups is 2. The molecular formula is C16H19NO3S. The lowest BCUT2D eigenvalue weighted by molar-refractivity contribution is -0.122. The number of ether oxygens (including phenoxy) is 1. The van der Waals surface area contributed by atoms with E-state index in [1.54, 1.807) is 13.0 Å². The van der Waals surface area contributed by atoms with Crippen LogP contribution in [0.5, 0.6) is 5.75 Å². The number of likely N-dealkylation sites (N-methyl/N-ethyl adjacent to an activating group) is 1. The second-order valence-electron chi connectivity index (χ2n) is 4.70. The maximum atomic E-state index is 12.0. The highest BCUT2D eigenvalue weighted by molar-refractivity contribution is 8.18. The average molecular weight is 305 g/mol. The Balaban J connectivity index is 2.04. The summed E-state index contributed by atoms with van der Waals surface area (Å²) < 4.78 is 5.59. The Bertz CT molecular complexity index is 551. The first-order valence-electron chi connectivity index (χ1n) is 7.14. The van der Waals surface area contributed by atoms with E-state index in [1.807, 2.05) is 24.3 Å². The molecule has 4 nitrogen and oxygen atoms in total. The largest absolute Gasteiger partial charge is 0.494 e. The lowest BCUT2D eigenvalue weighted by Crippen LogP contribution is -2.27. The zero-order valence-corrected chi connectivity index (χ0v) is 13.1. The van der Waals surface area contributed by atoms with Gasteiger partial charge in [-0.1, -0.05) is 25.5 Å². The molecule has 0 bridgehead atoms. The highest BCUT2D eigenvalue weighted by Crippen LogP contribution is 2.32. The molecular weight excluding hydrogens is 286 g/mol. The van der Waals surface area contributed by atoms with E-state index in [2.05, 4.69) is 6.92 Å². The van der Waals surface area contributed by atoms with Crippen LogP contribution in [-0.4, -0.2) is 29.2 Å². The van der Waals surface area contributed by atoms with Gasteiger partial charge < -0.3 is 4.74 Å². The number of carbonyl (C=O) groups excluding carboxylic acids is 2. The second kappa shape index (κ2) is 7.31. The van der Waals surface area contributed by atoms with Crippen molar-refractivity contribution in [3.8, 4) is 5.75 Å². The summed E-state index contributed by atoms with van der Waals surface area (Å²) in [6.07, 6.45) is 3.88. The number of amides is 2. The summed E-state index contributed by atoms with van der Waals surface area (Å²) in [5.41, 5.74) is 0.888. The topological polar surface area (TPSA) is 46.6 Å². The molecule has 5 heteroatoms. The highest BCUT2D eigenvalue weighted by atomic mass is 32.2. The Labute approximate surface area is 129 Å². The molecule has 1 aromatic rings. The lowest BCUT2D eigenvalue weighted by atomic mass is 10.2. The van der Waals surface area contributed by atoms with Gasteiger partial charge in [-0.3, -0.25) is 14.5 Å². The molecule has 0 saturated carbocycles. The summed E-state index contributed by atoms with van der Waals surface area (Å²) in [5.74, 6) is 0.609. The van der Waals surface area contributed by atoms with Crippen LogP contribution in [0, 0.1) is 0 Å². The van der Waals surface area contributed by atoms with Gasteiger partial charge >= 0.3 is 0 Å². The molecule has 1 fully saturated rings. The predicted molar refractivity (Wildman–Crippen MR) is 85.2 cm³/mol. The molecule has 0 unspecified atom stereocenters. The molecule has 1 saturated heterocycles. The lowest BCUT2D eigenvalue weighted by Gasteiger charge is -2.07. The van der Waals surface area contributed by atoms with Crippen LogP contribution < -0.4 is 4.74 Å². The van der Waals surface area contributed by atoms with E-state index in [-0.39, 0.29) is 11.1 Å². The smallest absolute Gasteiger partial charge is 0.293 e. The molecule has 2 amide bonds. The van der Waals surface area contributed by atoms with Crippen LogP contribution in [0.15, 0.2) is 29.2 Å². The molecule has 1 aliphatic heterocycles. The molecule has 0 spiro atoms. The Morgan fingerprint density at radius 3 is 2.48 bits per heavy atom. The molecule has 21 heavy (non-hydrogen) atoms. The Kier molecular flexibility index (Phi) is 5.44. The second-order valence-corrected chi connectivity index (χ2v) is 5.69. The number of hydrogen-bond acceptors (Lipinski definition) is 4. The first-order valence-corrected chi connectivity index (χ1v) is 7.95. The van der Waals surface area contributed by atoms with E-state index < -0.39 is 0 Å². The number of benzene rings is 1. The van der Waals surface area contributed by atoms with Crippen molar-refractivity contribution < 1.29 is 14.3 Å². The molecule has 0 N–H and O–H groups in total. The van der Waals surface area contributed by atoms with Crippen molar-refractivity contribution >= 4 is 29.0 Å². The van der Waals surface area contributed by atoms with E-state index in [0.717, 1.165) is 35.9 Å². The zero-order valence-electron chi connectivity index (χ0n) is 12.3. The van der Waals surface area contributed by atoms with Gasteiger partial charge in [-0.25, -0.2) is 0 Å². The number of imide groups is 1. The molecule has 1 aliphatic rings. The fourth-order valence-corrected chi connectivity index (χ4v) is 2.82. The Hall–Kier alpha value is -1.75. The summed E-state index contributed by atoms with van der Waals surface area (Å²) >= 11 is 0.990. The number of rotatable bonds is 6. The van der Waals surface area contributed by atoms with Crippen LogP contribution in [0.4, 0.5) is 4.79 Å². The minimum Gasteiger partial charge on any atom is -0.494 e. The first-order chi connectivity index (χ1) is 10.2. The van der Waals surface area contributed by atoms with Crippen molar-refractivity contribution in [1.82, 2.24) is 4.90 Å². The van der Waals surface area contributed by atoms with Crippen molar-refractivity contribution in [3.63, 3.8) is 0 Å². The Morgan fingerprint density at radius 2 is 1.90 bits per heavy atom.